The van der Waals surface area contributed by atoms with Crippen molar-refractivity contribution in [2.75, 3.05) is 11.9 Å². The first-order valence-corrected chi connectivity index (χ1v) is 15.2. The number of para-hydroxylation sites is 1. The lowest BCUT2D eigenvalue weighted by Gasteiger charge is -2.37. The number of aliphatic hydroxyl groups is 1. The number of rotatable bonds is 8. The molecule has 42 heavy (non-hydrogen) atoms. The molecule has 3 N–H and O–H groups in total. The van der Waals surface area contributed by atoms with Crippen LogP contribution in [0.25, 0.3) is 0 Å². The Labute approximate surface area is 253 Å². The van der Waals surface area contributed by atoms with Gasteiger partial charge in [0.2, 0.25) is 17.7 Å². The number of alkyl halides is 1. The minimum absolute atomic E-state index is 0.228. The number of aryl methyl sites for hydroxylation is 2. The Morgan fingerprint density at radius 2 is 1.64 bits per heavy atom. The van der Waals surface area contributed by atoms with Gasteiger partial charge in [-0.15, -0.1) is 0 Å². The van der Waals surface area contributed by atoms with Crippen LogP contribution in [0.15, 0.2) is 78.9 Å². The number of fused-ring (bicyclic) bond motifs is 1. The summed E-state index contributed by atoms with van der Waals surface area (Å²) in [6.07, 6.45) is -0.193. The summed E-state index contributed by atoms with van der Waals surface area (Å²) in [4.78, 5) is 43.9. The smallest absolute Gasteiger partial charge is 0.250 e. The fourth-order valence-electron chi connectivity index (χ4n) is 7.14. The van der Waals surface area contributed by atoms with Crippen LogP contribution in [0, 0.1) is 25.7 Å². The number of ether oxygens (including phenoxy) is 1. The van der Waals surface area contributed by atoms with Crippen molar-refractivity contribution in [2.45, 2.75) is 55.4 Å². The van der Waals surface area contributed by atoms with Gasteiger partial charge in [-0.1, -0.05) is 94.8 Å². The molecule has 0 aromatic heterocycles. The summed E-state index contributed by atoms with van der Waals surface area (Å²) in [5.74, 6) is -2.72. The Morgan fingerprint density at radius 3 is 2.29 bits per heavy atom. The van der Waals surface area contributed by atoms with Crippen molar-refractivity contribution >= 4 is 39.3 Å². The van der Waals surface area contributed by atoms with Gasteiger partial charge >= 0.3 is 0 Å². The largest absolute Gasteiger partial charge is 0.394 e. The third kappa shape index (κ3) is 4.64. The van der Waals surface area contributed by atoms with E-state index in [1.165, 1.54) is 4.90 Å². The molecule has 3 aromatic carbocycles. The number of hydrogen-bond acceptors (Lipinski definition) is 5. The topological polar surface area (TPSA) is 108 Å². The van der Waals surface area contributed by atoms with Crippen molar-refractivity contribution in [3.05, 3.63) is 101 Å². The number of halogens is 1. The number of carbonyl (C=O) groups is 3. The molecule has 3 aliphatic rings. The highest BCUT2D eigenvalue weighted by molar-refractivity contribution is 9.09. The molecular formula is C33H34BrN3O5. The van der Waals surface area contributed by atoms with Gasteiger partial charge < -0.3 is 25.4 Å². The Balaban J connectivity index is 1.40. The Bertz CT molecular complexity index is 1480. The second-order valence-electron chi connectivity index (χ2n) is 11.5. The summed E-state index contributed by atoms with van der Waals surface area (Å²) >= 11 is 3.72. The molecule has 3 aromatic rings. The van der Waals surface area contributed by atoms with E-state index >= 15 is 0 Å². The average molecular weight is 633 g/mol. The van der Waals surface area contributed by atoms with Crippen LogP contribution in [-0.4, -0.2) is 56.9 Å². The summed E-state index contributed by atoms with van der Waals surface area (Å²) in [6.45, 7) is 3.76. The summed E-state index contributed by atoms with van der Waals surface area (Å²) < 4.78 is 6.63. The molecule has 0 aliphatic carbocycles. The summed E-state index contributed by atoms with van der Waals surface area (Å²) in [6, 6.07) is 22.7. The summed E-state index contributed by atoms with van der Waals surface area (Å²) in [5.41, 5.74) is 2.86. The molecule has 3 amide bonds. The lowest BCUT2D eigenvalue weighted by molar-refractivity contribution is -0.144. The van der Waals surface area contributed by atoms with Gasteiger partial charge in [0.15, 0.2) is 0 Å². The van der Waals surface area contributed by atoms with E-state index in [0.29, 0.717) is 24.2 Å². The highest BCUT2D eigenvalue weighted by Crippen LogP contribution is 2.61. The number of nitrogens with zero attached hydrogens (tertiary/aromatic N) is 1. The van der Waals surface area contributed by atoms with E-state index in [1.54, 1.807) is 0 Å². The van der Waals surface area contributed by atoms with Gasteiger partial charge in [-0.3, -0.25) is 14.4 Å². The predicted molar refractivity (Wildman–Crippen MR) is 162 cm³/mol. The first kappa shape index (κ1) is 28.6. The number of nitrogens with one attached hydrogen (secondary N) is 2. The van der Waals surface area contributed by atoms with Crippen molar-refractivity contribution in [3.63, 3.8) is 0 Å². The maximum Gasteiger partial charge on any atom is 0.250 e. The zero-order valence-corrected chi connectivity index (χ0v) is 25.1. The molecule has 218 valence electrons. The van der Waals surface area contributed by atoms with E-state index in [4.69, 9.17) is 4.74 Å². The summed E-state index contributed by atoms with van der Waals surface area (Å²) in [7, 11) is 0. The number of likely N-dealkylation sites (tertiary alicyclic amines) is 1. The summed E-state index contributed by atoms with van der Waals surface area (Å²) in [5, 5.41) is 16.7. The van der Waals surface area contributed by atoms with Crippen molar-refractivity contribution in [3.8, 4) is 0 Å². The second-order valence-corrected chi connectivity index (χ2v) is 12.7. The molecule has 7 atom stereocenters. The van der Waals surface area contributed by atoms with E-state index in [-0.39, 0.29) is 16.6 Å². The van der Waals surface area contributed by atoms with Crippen LogP contribution in [0.5, 0.6) is 0 Å². The van der Waals surface area contributed by atoms with Gasteiger partial charge in [-0.05, 0) is 42.5 Å². The third-order valence-electron chi connectivity index (χ3n) is 9.01. The van der Waals surface area contributed by atoms with Crippen molar-refractivity contribution in [2.24, 2.45) is 11.8 Å². The number of aliphatic hydroxyl groups excluding tert-OH is 1. The van der Waals surface area contributed by atoms with Crippen LogP contribution in [0.2, 0.25) is 0 Å². The Kier molecular flexibility index (Phi) is 7.68. The molecule has 2 bridgehead atoms. The predicted octanol–water partition coefficient (Wildman–Crippen LogP) is 4.04. The molecule has 0 radical (unpaired) electrons. The van der Waals surface area contributed by atoms with E-state index < -0.39 is 48.1 Å². The fraction of sp³-hybridized carbons (Fsp3) is 0.364. The van der Waals surface area contributed by atoms with E-state index in [2.05, 4.69) is 26.6 Å². The maximum absolute atomic E-state index is 14.5. The Hall–Kier alpha value is -3.53. The van der Waals surface area contributed by atoms with E-state index in [1.807, 2.05) is 92.7 Å². The van der Waals surface area contributed by atoms with Gasteiger partial charge in [0.05, 0.1) is 30.6 Å². The lowest BCUT2D eigenvalue weighted by Crippen LogP contribution is -2.55. The average Bonchev–Trinajstić information content (AvgIpc) is 3.59. The zero-order chi connectivity index (χ0) is 29.6. The highest BCUT2D eigenvalue weighted by atomic mass is 79.9. The van der Waals surface area contributed by atoms with Crippen molar-refractivity contribution in [1.29, 1.82) is 0 Å². The standard InChI is InChI=1S/C33H34BrN3O5/c1-19-10-9-11-20(2)27(19)36-31(40)29-33-16-23(34)28(42-33)25(30(39)35-17-21-12-5-3-6-13-21)26(33)32(41)37(29)24(18-38)22-14-7-4-8-15-22/h3-15,23-26,28-29,38H,16-18H2,1-2H3,(H,35,39)(H,36,40)/t23?,24-,25+,26+,28+,29?,33?/m1/s1. The van der Waals surface area contributed by atoms with Gasteiger partial charge in [0, 0.05) is 17.1 Å². The molecule has 0 saturated carbocycles. The zero-order valence-electron chi connectivity index (χ0n) is 23.5. The van der Waals surface area contributed by atoms with Gasteiger partial charge in [0.25, 0.3) is 0 Å². The minimum atomic E-state index is -1.24. The molecule has 3 aliphatic heterocycles. The van der Waals surface area contributed by atoms with Gasteiger partial charge in [-0.25, -0.2) is 0 Å². The molecular weight excluding hydrogens is 598 g/mol. The molecule has 3 heterocycles. The third-order valence-corrected chi connectivity index (χ3v) is 9.85. The highest BCUT2D eigenvalue weighted by Gasteiger charge is 2.77. The molecule has 3 fully saturated rings. The fourth-order valence-corrected chi connectivity index (χ4v) is 8.08. The quantitative estimate of drug-likeness (QED) is 0.325. The lowest BCUT2D eigenvalue weighted by atomic mass is 9.70. The molecule has 3 saturated heterocycles. The number of benzene rings is 3. The Morgan fingerprint density at radius 1 is 1.00 bits per heavy atom. The van der Waals surface area contributed by atoms with Gasteiger partial charge in [-0.2, -0.15) is 0 Å². The van der Waals surface area contributed by atoms with Crippen molar-refractivity contribution in [1.82, 2.24) is 10.2 Å². The maximum atomic E-state index is 14.5. The molecule has 6 rings (SSSR count). The molecule has 3 unspecified atom stereocenters. The number of amides is 3. The number of hydrogen-bond donors (Lipinski definition) is 3. The van der Waals surface area contributed by atoms with Gasteiger partial charge in [0.1, 0.15) is 11.6 Å². The van der Waals surface area contributed by atoms with Crippen molar-refractivity contribution < 1.29 is 24.2 Å². The van der Waals surface area contributed by atoms with Crippen LogP contribution >= 0.6 is 15.9 Å². The molecule has 1 spiro atoms. The SMILES string of the molecule is Cc1cccc(C)c1NC(=O)C1N([C@H](CO)c2ccccc2)C(=O)[C@@H]2[C@H](C(=O)NCc3ccccc3)[C@H]3OC12CC3Br. The van der Waals surface area contributed by atoms with Crippen LogP contribution in [0.3, 0.4) is 0 Å². The minimum Gasteiger partial charge on any atom is -0.394 e. The van der Waals surface area contributed by atoms with Crippen LogP contribution in [0.1, 0.15) is 34.7 Å². The van der Waals surface area contributed by atoms with Crippen LogP contribution < -0.4 is 10.6 Å². The van der Waals surface area contributed by atoms with E-state index in [9.17, 15) is 19.5 Å². The van der Waals surface area contributed by atoms with Crippen LogP contribution in [-0.2, 0) is 25.7 Å². The second kappa shape index (κ2) is 11.3. The molecule has 8 nitrogen and oxygen atoms in total. The first-order valence-electron chi connectivity index (χ1n) is 14.3. The normalized spacial score (nSPS) is 28.4. The number of carbonyl (C=O) groups excluding carboxylic acids is 3. The monoisotopic (exact) mass is 631 g/mol. The first-order chi connectivity index (χ1) is 20.3. The number of anilines is 1. The van der Waals surface area contributed by atoms with E-state index in [0.717, 1.165) is 16.7 Å². The van der Waals surface area contributed by atoms with Crippen LogP contribution in [0.4, 0.5) is 5.69 Å². The molecule has 9 heteroatoms.